The standard InChI is InChI=1S/C13H11N5O3/c1-2-16-12-7-15-8-13(17-12)21-11-4-3-9(6-14)5-10(11)18(19)20/h3-5,7-8H,2H2,1H3,(H,16,17). The molecule has 0 unspecified atom stereocenters. The molecule has 0 amide bonds. The molecule has 8 nitrogen and oxygen atoms in total. The molecule has 0 fully saturated rings. The van der Waals surface area contributed by atoms with Gasteiger partial charge in [-0.3, -0.25) is 15.1 Å². The first-order valence-electron chi connectivity index (χ1n) is 6.06. The minimum atomic E-state index is -0.613. The predicted octanol–water partition coefficient (Wildman–Crippen LogP) is 2.48. The summed E-state index contributed by atoms with van der Waals surface area (Å²) < 4.78 is 5.39. The largest absolute Gasteiger partial charge is 0.430 e. The van der Waals surface area contributed by atoms with Crippen LogP contribution in [-0.4, -0.2) is 21.4 Å². The molecule has 106 valence electrons. The van der Waals surface area contributed by atoms with Gasteiger partial charge in [0.1, 0.15) is 5.82 Å². The van der Waals surface area contributed by atoms with E-state index in [4.69, 9.17) is 10.00 Å². The molecule has 8 heteroatoms. The lowest BCUT2D eigenvalue weighted by Crippen LogP contribution is -2.01. The van der Waals surface area contributed by atoms with E-state index in [2.05, 4.69) is 15.3 Å². The zero-order valence-electron chi connectivity index (χ0n) is 11.1. The van der Waals surface area contributed by atoms with Crippen LogP contribution in [0.25, 0.3) is 0 Å². The summed E-state index contributed by atoms with van der Waals surface area (Å²) in [5.74, 6) is 0.634. The van der Waals surface area contributed by atoms with Crippen molar-refractivity contribution in [3.63, 3.8) is 0 Å². The Morgan fingerprint density at radius 2 is 2.29 bits per heavy atom. The fourth-order valence-corrected chi connectivity index (χ4v) is 1.59. The number of rotatable bonds is 5. The summed E-state index contributed by atoms with van der Waals surface area (Å²) in [5, 5.41) is 22.8. The molecule has 2 rings (SSSR count). The number of hydrogen-bond donors (Lipinski definition) is 1. The van der Waals surface area contributed by atoms with Crippen LogP contribution in [0.2, 0.25) is 0 Å². The molecule has 0 spiro atoms. The molecule has 1 heterocycles. The second-order valence-corrected chi connectivity index (χ2v) is 3.93. The van der Waals surface area contributed by atoms with Crippen LogP contribution in [-0.2, 0) is 0 Å². The van der Waals surface area contributed by atoms with Crippen molar-refractivity contribution >= 4 is 11.5 Å². The third-order valence-corrected chi connectivity index (χ3v) is 2.47. The van der Waals surface area contributed by atoms with E-state index in [1.807, 2.05) is 13.0 Å². The summed E-state index contributed by atoms with van der Waals surface area (Å²) in [6.07, 6.45) is 2.87. The van der Waals surface area contributed by atoms with Crippen LogP contribution in [0.3, 0.4) is 0 Å². The van der Waals surface area contributed by atoms with Crippen LogP contribution in [0.1, 0.15) is 12.5 Å². The van der Waals surface area contributed by atoms with E-state index in [1.165, 1.54) is 24.5 Å². The molecule has 0 atom stereocenters. The SMILES string of the molecule is CCNc1cncc(Oc2ccc(C#N)cc2[N+](=O)[O-])n1. The number of benzene rings is 1. The molecule has 1 aromatic heterocycles. The minimum absolute atomic E-state index is 0.00180. The average molecular weight is 285 g/mol. The normalized spacial score (nSPS) is 9.71. The van der Waals surface area contributed by atoms with Gasteiger partial charge in [0, 0.05) is 12.6 Å². The third-order valence-electron chi connectivity index (χ3n) is 2.47. The highest BCUT2D eigenvalue weighted by Crippen LogP contribution is 2.31. The van der Waals surface area contributed by atoms with Gasteiger partial charge in [-0.2, -0.15) is 10.2 Å². The Morgan fingerprint density at radius 3 is 2.95 bits per heavy atom. The summed E-state index contributed by atoms with van der Waals surface area (Å²) >= 11 is 0. The summed E-state index contributed by atoms with van der Waals surface area (Å²) in [6, 6.07) is 5.78. The molecular weight excluding hydrogens is 274 g/mol. The fourth-order valence-electron chi connectivity index (χ4n) is 1.59. The molecule has 0 aliphatic heterocycles. The highest BCUT2D eigenvalue weighted by molar-refractivity contribution is 5.52. The van der Waals surface area contributed by atoms with Crippen molar-refractivity contribution in [3.05, 3.63) is 46.3 Å². The van der Waals surface area contributed by atoms with Gasteiger partial charge in [-0.15, -0.1) is 0 Å². The van der Waals surface area contributed by atoms with E-state index in [1.54, 1.807) is 0 Å². The van der Waals surface area contributed by atoms with Crippen molar-refractivity contribution in [3.8, 4) is 17.7 Å². The number of anilines is 1. The van der Waals surface area contributed by atoms with Gasteiger partial charge in [0.2, 0.25) is 11.6 Å². The van der Waals surface area contributed by atoms with Crippen molar-refractivity contribution in [2.75, 3.05) is 11.9 Å². The Kier molecular flexibility index (Phi) is 4.26. The number of hydrogen-bond acceptors (Lipinski definition) is 7. The van der Waals surface area contributed by atoms with Gasteiger partial charge in [-0.1, -0.05) is 0 Å². The average Bonchev–Trinajstić information content (AvgIpc) is 2.48. The molecular formula is C13H11N5O3. The molecule has 0 radical (unpaired) electrons. The van der Waals surface area contributed by atoms with E-state index in [9.17, 15) is 10.1 Å². The van der Waals surface area contributed by atoms with E-state index in [0.717, 1.165) is 6.07 Å². The first kappa shape index (κ1) is 14.2. The highest BCUT2D eigenvalue weighted by Gasteiger charge is 2.17. The Labute approximate surface area is 120 Å². The van der Waals surface area contributed by atoms with Gasteiger partial charge in [0.25, 0.3) is 0 Å². The van der Waals surface area contributed by atoms with Crippen molar-refractivity contribution in [1.82, 2.24) is 9.97 Å². The van der Waals surface area contributed by atoms with Gasteiger partial charge in [-0.05, 0) is 19.1 Å². The first-order chi connectivity index (χ1) is 10.1. The van der Waals surface area contributed by atoms with E-state index >= 15 is 0 Å². The van der Waals surface area contributed by atoms with Crippen LogP contribution in [0, 0.1) is 21.4 Å². The lowest BCUT2D eigenvalue weighted by Gasteiger charge is -2.07. The predicted molar refractivity (Wildman–Crippen MR) is 74.1 cm³/mol. The van der Waals surface area contributed by atoms with E-state index in [0.29, 0.717) is 12.4 Å². The topological polar surface area (TPSA) is 114 Å². The molecule has 2 aromatic rings. The summed E-state index contributed by atoms with van der Waals surface area (Å²) in [4.78, 5) is 18.5. The second-order valence-electron chi connectivity index (χ2n) is 3.93. The van der Waals surface area contributed by atoms with Crippen molar-refractivity contribution in [2.45, 2.75) is 6.92 Å². The summed E-state index contributed by atoms with van der Waals surface area (Å²) in [7, 11) is 0. The van der Waals surface area contributed by atoms with E-state index < -0.39 is 4.92 Å². The van der Waals surface area contributed by atoms with Crippen LogP contribution < -0.4 is 10.1 Å². The highest BCUT2D eigenvalue weighted by atomic mass is 16.6. The van der Waals surface area contributed by atoms with Gasteiger partial charge in [0.05, 0.1) is 28.9 Å². The molecule has 21 heavy (non-hydrogen) atoms. The molecule has 0 aliphatic carbocycles. The second kappa shape index (κ2) is 6.29. The van der Waals surface area contributed by atoms with Crippen molar-refractivity contribution in [1.29, 1.82) is 5.26 Å². The monoisotopic (exact) mass is 285 g/mol. The zero-order chi connectivity index (χ0) is 15.2. The summed E-state index contributed by atoms with van der Waals surface area (Å²) in [6.45, 7) is 2.57. The molecule has 0 bridgehead atoms. The Hall–Kier alpha value is -3.21. The molecule has 1 N–H and O–H groups in total. The smallest absolute Gasteiger partial charge is 0.312 e. The maximum atomic E-state index is 11.0. The van der Waals surface area contributed by atoms with Gasteiger partial charge < -0.3 is 10.1 Å². The number of nitriles is 1. The van der Waals surface area contributed by atoms with Gasteiger partial charge in [-0.25, -0.2) is 0 Å². The summed E-state index contributed by atoms with van der Waals surface area (Å²) in [5.41, 5.74) is -0.119. The Morgan fingerprint density at radius 1 is 1.48 bits per heavy atom. The molecule has 0 aliphatic rings. The molecule has 0 saturated carbocycles. The lowest BCUT2D eigenvalue weighted by molar-refractivity contribution is -0.385. The van der Waals surface area contributed by atoms with Crippen LogP contribution in [0.5, 0.6) is 11.6 Å². The van der Waals surface area contributed by atoms with Crippen LogP contribution >= 0.6 is 0 Å². The number of nitro benzene ring substituents is 1. The number of nitrogens with one attached hydrogen (secondary N) is 1. The van der Waals surface area contributed by atoms with E-state index in [-0.39, 0.29) is 22.9 Å². The molecule has 1 aromatic carbocycles. The maximum Gasteiger partial charge on any atom is 0.312 e. The molecule has 0 saturated heterocycles. The Balaban J connectivity index is 2.33. The van der Waals surface area contributed by atoms with Gasteiger partial charge >= 0.3 is 5.69 Å². The van der Waals surface area contributed by atoms with Gasteiger partial charge in [0.15, 0.2) is 0 Å². The number of ether oxygens (including phenoxy) is 1. The number of nitro groups is 1. The van der Waals surface area contributed by atoms with Crippen molar-refractivity contribution in [2.24, 2.45) is 0 Å². The van der Waals surface area contributed by atoms with Crippen LogP contribution in [0.15, 0.2) is 30.6 Å². The maximum absolute atomic E-state index is 11.0. The Bertz CT molecular complexity index is 711. The number of nitrogens with zero attached hydrogens (tertiary/aromatic N) is 4. The third kappa shape index (κ3) is 3.42. The lowest BCUT2D eigenvalue weighted by atomic mass is 10.2. The quantitative estimate of drug-likeness (QED) is 0.662. The fraction of sp³-hybridized carbons (Fsp3) is 0.154. The minimum Gasteiger partial charge on any atom is -0.430 e. The van der Waals surface area contributed by atoms with Crippen molar-refractivity contribution < 1.29 is 9.66 Å². The van der Waals surface area contributed by atoms with Crippen LogP contribution in [0.4, 0.5) is 11.5 Å². The number of aromatic nitrogens is 2. The first-order valence-corrected chi connectivity index (χ1v) is 6.06. The zero-order valence-corrected chi connectivity index (χ0v) is 11.1.